The van der Waals surface area contributed by atoms with Gasteiger partial charge in [0.2, 0.25) is 0 Å². The van der Waals surface area contributed by atoms with Crippen molar-refractivity contribution in [1.29, 1.82) is 0 Å². The zero-order chi connectivity index (χ0) is 16.0. The van der Waals surface area contributed by atoms with Crippen LogP contribution in [0.3, 0.4) is 0 Å². The first-order chi connectivity index (χ1) is 9.78. The molecule has 0 aromatic heterocycles. The van der Waals surface area contributed by atoms with Crippen LogP contribution in [0.1, 0.15) is 23.7 Å². The Morgan fingerprint density at radius 3 is 2.71 bits per heavy atom. The minimum Gasteiger partial charge on any atom is -0.478 e. The summed E-state index contributed by atoms with van der Waals surface area (Å²) >= 11 is 0. The van der Waals surface area contributed by atoms with Gasteiger partial charge in [-0.3, -0.25) is 10.1 Å². The van der Waals surface area contributed by atoms with Crippen LogP contribution in [0.25, 0.3) is 0 Å². The number of nitro benzene ring substituents is 1. The molecule has 3 N–H and O–H groups in total. The Morgan fingerprint density at radius 2 is 2.19 bits per heavy atom. The van der Waals surface area contributed by atoms with Crippen LogP contribution in [-0.4, -0.2) is 47.0 Å². The number of nitro groups is 1. The molecule has 0 amide bonds. The average Bonchev–Trinajstić information content (AvgIpc) is 2.42. The molecule has 1 aromatic carbocycles. The minimum atomic E-state index is -1.28. The summed E-state index contributed by atoms with van der Waals surface area (Å²) < 4.78 is 4.86. The van der Waals surface area contributed by atoms with Gasteiger partial charge in [-0.15, -0.1) is 0 Å². The number of nitrogens with one attached hydrogen (secondary N) is 1. The summed E-state index contributed by atoms with van der Waals surface area (Å²) in [5.41, 5.74) is -1.87. The van der Waals surface area contributed by atoms with Crippen molar-refractivity contribution in [3.63, 3.8) is 0 Å². The zero-order valence-corrected chi connectivity index (χ0v) is 11.8. The Labute approximate surface area is 121 Å². The second-order valence-electron chi connectivity index (χ2n) is 4.86. The zero-order valence-electron chi connectivity index (χ0n) is 11.8. The van der Waals surface area contributed by atoms with Crippen molar-refractivity contribution in [2.24, 2.45) is 0 Å². The van der Waals surface area contributed by atoms with Gasteiger partial charge in [0.25, 0.3) is 5.69 Å². The topological polar surface area (TPSA) is 122 Å². The predicted molar refractivity (Wildman–Crippen MR) is 75.7 cm³/mol. The molecular formula is C13H18N2O6. The monoisotopic (exact) mass is 298 g/mol. The molecular weight excluding hydrogens is 280 g/mol. The first kappa shape index (κ1) is 16.9. The predicted octanol–water partition coefficient (Wildman–Crippen LogP) is 1.49. The second kappa shape index (κ2) is 7.00. The lowest BCUT2D eigenvalue weighted by Gasteiger charge is -2.24. The van der Waals surface area contributed by atoms with Crippen LogP contribution in [0, 0.1) is 10.1 Å². The Kier molecular flexibility index (Phi) is 5.62. The van der Waals surface area contributed by atoms with Gasteiger partial charge in [-0.1, -0.05) is 6.07 Å². The van der Waals surface area contributed by atoms with E-state index in [1.54, 1.807) is 0 Å². The lowest BCUT2D eigenvalue weighted by molar-refractivity contribution is -0.384. The van der Waals surface area contributed by atoms with Crippen molar-refractivity contribution >= 4 is 17.3 Å². The number of hydrogen-bond acceptors (Lipinski definition) is 6. The van der Waals surface area contributed by atoms with Crippen molar-refractivity contribution in [1.82, 2.24) is 0 Å². The van der Waals surface area contributed by atoms with Crippen molar-refractivity contribution in [2.75, 3.05) is 25.6 Å². The number of aromatic carboxylic acids is 1. The van der Waals surface area contributed by atoms with Crippen molar-refractivity contribution in [3.8, 4) is 0 Å². The van der Waals surface area contributed by atoms with Crippen LogP contribution in [0.5, 0.6) is 0 Å². The largest absolute Gasteiger partial charge is 0.478 e. The summed E-state index contributed by atoms with van der Waals surface area (Å²) in [6.45, 7) is 1.81. The number of benzene rings is 1. The number of nitrogens with zero attached hydrogens (tertiary/aromatic N) is 1. The molecule has 0 spiro atoms. The van der Waals surface area contributed by atoms with Crippen molar-refractivity contribution in [3.05, 3.63) is 33.9 Å². The fourth-order valence-electron chi connectivity index (χ4n) is 1.75. The lowest BCUT2D eigenvalue weighted by Crippen LogP contribution is -2.35. The molecule has 0 aliphatic carbocycles. The number of para-hydroxylation sites is 1. The molecule has 0 saturated heterocycles. The molecule has 21 heavy (non-hydrogen) atoms. The summed E-state index contributed by atoms with van der Waals surface area (Å²) in [4.78, 5) is 21.5. The molecule has 1 aromatic rings. The molecule has 1 unspecified atom stereocenters. The third-order valence-corrected chi connectivity index (χ3v) is 2.96. The highest BCUT2D eigenvalue weighted by Gasteiger charge is 2.25. The summed E-state index contributed by atoms with van der Waals surface area (Å²) in [5.74, 6) is -1.28. The van der Waals surface area contributed by atoms with Crippen LogP contribution in [0.15, 0.2) is 18.2 Å². The number of carboxylic acids is 1. The van der Waals surface area contributed by atoms with Crippen LogP contribution >= 0.6 is 0 Å². The van der Waals surface area contributed by atoms with Gasteiger partial charge in [-0.05, 0) is 13.0 Å². The van der Waals surface area contributed by atoms with E-state index in [0.717, 1.165) is 0 Å². The SMILES string of the molecule is COCCC(C)(O)CNc1c(C(=O)O)cccc1[N+](=O)[O-]. The lowest BCUT2D eigenvalue weighted by atomic mass is 10.0. The van der Waals surface area contributed by atoms with E-state index in [9.17, 15) is 20.0 Å². The second-order valence-corrected chi connectivity index (χ2v) is 4.86. The Morgan fingerprint density at radius 1 is 1.52 bits per heavy atom. The van der Waals surface area contributed by atoms with Gasteiger partial charge in [-0.2, -0.15) is 0 Å². The van der Waals surface area contributed by atoms with E-state index >= 15 is 0 Å². The minimum absolute atomic E-state index is 0.0402. The van der Waals surface area contributed by atoms with Gasteiger partial charge < -0.3 is 20.3 Å². The highest BCUT2D eigenvalue weighted by atomic mass is 16.6. The summed E-state index contributed by atoms with van der Waals surface area (Å²) in [5, 5.41) is 32.9. The Bertz CT molecular complexity index is 497. The Hall–Kier alpha value is -2.19. The van der Waals surface area contributed by atoms with E-state index in [0.29, 0.717) is 13.0 Å². The highest BCUT2D eigenvalue weighted by Crippen LogP contribution is 2.29. The van der Waals surface area contributed by atoms with Crippen LogP contribution in [0.2, 0.25) is 0 Å². The molecule has 0 bridgehead atoms. The third-order valence-electron chi connectivity index (χ3n) is 2.96. The smallest absolute Gasteiger partial charge is 0.338 e. The molecule has 0 heterocycles. The molecule has 8 nitrogen and oxygen atoms in total. The fourth-order valence-corrected chi connectivity index (χ4v) is 1.75. The molecule has 116 valence electrons. The molecule has 0 radical (unpaired) electrons. The maximum Gasteiger partial charge on any atom is 0.338 e. The average molecular weight is 298 g/mol. The van der Waals surface area contributed by atoms with Gasteiger partial charge in [-0.25, -0.2) is 4.79 Å². The summed E-state index contributed by atoms with van der Waals surface area (Å²) in [7, 11) is 1.49. The van der Waals surface area contributed by atoms with Crippen LogP contribution in [0.4, 0.5) is 11.4 Å². The quantitative estimate of drug-likeness (QED) is 0.491. The van der Waals surface area contributed by atoms with Crippen LogP contribution < -0.4 is 5.32 Å². The first-order valence-corrected chi connectivity index (χ1v) is 6.24. The fraction of sp³-hybridized carbons (Fsp3) is 0.462. The number of ether oxygens (including phenoxy) is 1. The van der Waals surface area contributed by atoms with Gasteiger partial charge in [0.15, 0.2) is 0 Å². The van der Waals surface area contributed by atoms with Crippen LogP contribution in [-0.2, 0) is 4.74 Å². The number of aliphatic hydroxyl groups is 1. The number of carboxylic acid groups (broad SMARTS) is 1. The molecule has 0 fully saturated rings. The van der Waals surface area contributed by atoms with Gasteiger partial charge >= 0.3 is 5.97 Å². The summed E-state index contributed by atoms with van der Waals surface area (Å²) in [6.07, 6.45) is 0.305. The standard InChI is InChI=1S/C13H18N2O6/c1-13(18,6-7-21-2)8-14-11-9(12(16)17)4-3-5-10(11)15(19)20/h3-5,14,18H,6-8H2,1-2H3,(H,16,17). The summed E-state index contributed by atoms with van der Waals surface area (Å²) in [6, 6.07) is 3.77. The number of carbonyl (C=O) groups is 1. The van der Waals surface area contributed by atoms with E-state index < -0.39 is 16.5 Å². The normalized spacial score (nSPS) is 13.5. The molecule has 1 atom stereocenters. The molecule has 0 aliphatic rings. The van der Waals surface area contributed by atoms with E-state index in [-0.39, 0.29) is 23.5 Å². The number of methoxy groups -OCH3 is 1. The first-order valence-electron chi connectivity index (χ1n) is 6.24. The van der Waals surface area contributed by atoms with E-state index in [4.69, 9.17) is 9.84 Å². The molecule has 1 rings (SSSR count). The van der Waals surface area contributed by atoms with E-state index in [1.165, 1.54) is 32.2 Å². The Balaban J connectivity index is 3.00. The van der Waals surface area contributed by atoms with Gasteiger partial charge in [0.1, 0.15) is 5.69 Å². The van der Waals surface area contributed by atoms with Crippen molar-refractivity contribution < 1.29 is 24.7 Å². The van der Waals surface area contributed by atoms with E-state index in [1.807, 2.05) is 0 Å². The maximum atomic E-state index is 11.1. The molecule has 8 heteroatoms. The molecule has 0 saturated carbocycles. The number of hydrogen-bond donors (Lipinski definition) is 3. The number of anilines is 1. The third kappa shape index (κ3) is 4.69. The van der Waals surface area contributed by atoms with Gasteiger partial charge in [0, 0.05) is 32.7 Å². The maximum absolute atomic E-state index is 11.1. The molecule has 0 aliphatic heterocycles. The van der Waals surface area contributed by atoms with E-state index in [2.05, 4.69) is 5.32 Å². The van der Waals surface area contributed by atoms with Crippen molar-refractivity contribution in [2.45, 2.75) is 18.9 Å². The highest BCUT2D eigenvalue weighted by molar-refractivity contribution is 5.96. The van der Waals surface area contributed by atoms with Gasteiger partial charge in [0.05, 0.1) is 16.1 Å². The number of rotatable bonds is 8.